The molecule has 1 aromatic heterocycles. The van der Waals surface area contributed by atoms with E-state index in [1.54, 1.807) is 4.68 Å². The Morgan fingerprint density at radius 2 is 1.64 bits per heavy atom. The van der Waals surface area contributed by atoms with Crippen LogP contribution in [0.25, 0.3) is 5.69 Å². The molecule has 10 nitrogen and oxygen atoms in total. The summed E-state index contributed by atoms with van der Waals surface area (Å²) >= 11 is 1.52. The number of urea groups is 1. The van der Waals surface area contributed by atoms with E-state index in [0.717, 1.165) is 27.9 Å². The van der Waals surface area contributed by atoms with Gasteiger partial charge in [-0.2, -0.15) is 4.68 Å². The van der Waals surface area contributed by atoms with Gasteiger partial charge in [-0.3, -0.25) is 0 Å². The minimum atomic E-state index is -0.687. The van der Waals surface area contributed by atoms with Crippen LogP contribution in [0.15, 0.2) is 114 Å². The number of hydrogen-bond donors (Lipinski definition) is 3. The summed E-state index contributed by atoms with van der Waals surface area (Å²) in [6, 6.07) is 34.5. The van der Waals surface area contributed by atoms with Gasteiger partial charge in [0, 0.05) is 29.5 Å². The first-order chi connectivity index (χ1) is 22.1. The van der Waals surface area contributed by atoms with Gasteiger partial charge in [-0.15, -0.1) is 5.10 Å². The van der Waals surface area contributed by atoms with Gasteiger partial charge >= 0.3 is 6.03 Å². The van der Waals surface area contributed by atoms with Crippen molar-refractivity contribution in [2.45, 2.75) is 43.7 Å². The molecule has 0 unspecified atom stereocenters. The standard InChI is InChI=1S/C34H34N6O4S/c1-23-30(22-45-34-37-38-39-40(34)29-13-6-3-7-14-29)43-32(44-31(23)26-17-15-25(21-41)16-18-26)27-11-8-12-28(19-27)36-33(42)35-20-24-9-4-2-5-10-24/h2-19,23,30-32,41H,20-22H2,1H3,(H2,35,36,42)/t23-,30+,31+,32+/m0/s1. The summed E-state index contributed by atoms with van der Waals surface area (Å²) in [4.78, 5) is 12.7. The Kier molecular flexibility index (Phi) is 9.81. The molecule has 4 atom stereocenters. The highest BCUT2D eigenvalue weighted by atomic mass is 32.2. The van der Waals surface area contributed by atoms with E-state index < -0.39 is 6.29 Å². The lowest BCUT2D eigenvalue weighted by Gasteiger charge is -2.41. The predicted molar refractivity (Wildman–Crippen MR) is 172 cm³/mol. The molecule has 0 saturated carbocycles. The maximum atomic E-state index is 12.7. The van der Waals surface area contributed by atoms with Crippen molar-refractivity contribution < 1.29 is 19.4 Å². The predicted octanol–water partition coefficient (Wildman–Crippen LogP) is 6.06. The zero-order valence-corrected chi connectivity index (χ0v) is 25.5. The number of ether oxygens (including phenoxy) is 2. The molecule has 1 aliphatic rings. The molecule has 1 aliphatic heterocycles. The fraction of sp³-hybridized carbons (Fsp3) is 0.235. The zero-order valence-electron chi connectivity index (χ0n) is 24.7. The summed E-state index contributed by atoms with van der Waals surface area (Å²) in [5, 5.41) is 28.4. The molecule has 11 heteroatoms. The first-order valence-corrected chi connectivity index (χ1v) is 15.7. The molecule has 45 heavy (non-hydrogen) atoms. The van der Waals surface area contributed by atoms with Crippen molar-refractivity contribution in [1.82, 2.24) is 25.5 Å². The summed E-state index contributed by atoms with van der Waals surface area (Å²) in [6.45, 7) is 2.51. The van der Waals surface area contributed by atoms with Crippen molar-refractivity contribution in [3.05, 3.63) is 131 Å². The van der Waals surface area contributed by atoms with Gasteiger partial charge in [0.25, 0.3) is 0 Å². The number of anilines is 1. The molecular weight excluding hydrogens is 588 g/mol. The Labute approximate surface area is 265 Å². The second kappa shape index (κ2) is 14.5. The van der Waals surface area contributed by atoms with Gasteiger partial charge in [-0.1, -0.05) is 104 Å². The summed E-state index contributed by atoms with van der Waals surface area (Å²) in [5.74, 6) is 0.569. The molecule has 5 aromatic rings. The van der Waals surface area contributed by atoms with Crippen molar-refractivity contribution in [3.8, 4) is 5.69 Å². The molecule has 1 saturated heterocycles. The SMILES string of the molecule is C[C@H]1[C@@H](CSc2nnnn2-c2ccccc2)O[C@@H](c2cccc(NC(=O)NCc3ccccc3)c2)O[C@H]1c1ccc(CO)cc1. The summed E-state index contributed by atoms with van der Waals surface area (Å²) in [7, 11) is 0. The van der Waals surface area contributed by atoms with Crippen LogP contribution in [0.1, 0.15) is 41.6 Å². The Hall–Kier alpha value is -4.55. The maximum absolute atomic E-state index is 12.7. The summed E-state index contributed by atoms with van der Waals surface area (Å²) in [5.41, 5.74) is 5.12. The lowest BCUT2D eigenvalue weighted by atomic mass is 9.91. The first kappa shape index (κ1) is 30.5. The number of rotatable bonds is 10. The Balaban J connectivity index is 1.20. The maximum Gasteiger partial charge on any atom is 0.319 e. The number of thioether (sulfide) groups is 1. The van der Waals surface area contributed by atoms with Crippen molar-refractivity contribution in [3.63, 3.8) is 0 Å². The van der Waals surface area contributed by atoms with Gasteiger partial charge in [0.15, 0.2) is 6.29 Å². The number of aromatic nitrogens is 4. The smallest absolute Gasteiger partial charge is 0.319 e. The van der Waals surface area contributed by atoms with E-state index in [9.17, 15) is 9.90 Å². The average molecular weight is 623 g/mol. The highest BCUT2D eigenvalue weighted by Crippen LogP contribution is 2.43. The topological polar surface area (TPSA) is 123 Å². The van der Waals surface area contributed by atoms with Gasteiger partial charge < -0.3 is 25.2 Å². The molecular formula is C34H34N6O4S. The lowest BCUT2D eigenvalue weighted by molar-refractivity contribution is -0.268. The monoisotopic (exact) mass is 622 g/mol. The number of aliphatic hydroxyl groups is 1. The van der Waals surface area contributed by atoms with Crippen molar-refractivity contribution in [2.24, 2.45) is 5.92 Å². The second-order valence-corrected chi connectivity index (χ2v) is 11.7. The number of carbonyl (C=O) groups excluding carboxylic acids is 1. The number of amides is 2. The van der Waals surface area contributed by atoms with Crippen molar-refractivity contribution >= 4 is 23.5 Å². The number of aliphatic hydroxyl groups excluding tert-OH is 1. The Morgan fingerprint density at radius 3 is 2.40 bits per heavy atom. The third-order valence-corrected chi connectivity index (χ3v) is 8.66. The molecule has 0 bridgehead atoms. The van der Waals surface area contributed by atoms with E-state index in [1.165, 1.54) is 11.8 Å². The van der Waals surface area contributed by atoms with Gasteiger partial charge in [-0.05, 0) is 51.4 Å². The van der Waals surface area contributed by atoms with Gasteiger partial charge in [0.1, 0.15) is 0 Å². The molecule has 0 aliphatic carbocycles. The third kappa shape index (κ3) is 7.58. The van der Waals surface area contributed by atoms with Crippen molar-refractivity contribution in [1.29, 1.82) is 0 Å². The van der Waals surface area contributed by atoms with Crippen LogP contribution in [-0.2, 0) is 22.6 Å². The minimum absolute atomic E-state index is 0.0140. The molecule has 4 aromatic carbocycles. The van der Waals surface area contributed by atoms with E-state index >= 15 is 0 Å². The Bertz CT molecular complexity index is 1690. The van der Waals surface area contributed by atoms with Gasteiger partial charge in [0.2, 0.25) is 5.16 Å². The van der Waals surface area contributed by atoms with Gasteiger partial charge in [0.05, 0.1) is 24.5 Å². The molecule has 1 fully saturated rings. The van der Waals surface area contributed by atoms with Crippen LogP contribution in [0, 0.1) is 5.92 Å². The van der Waals surface area contributed by atoms with Crippen LogP contribution < -0.4 is 10.6 Å². The molecule has 0 radical (unpaired) electrons. The molecule has 6 rings (SSSR count). The normalized spacial score (nSPS) is 19.6. The molecule has 3 N–H and O–H groups in total. The van der Waals surface area contributed by atoms with Crippen LogP contribution >= 0.6 is 11.8 Å². The summed E-state index contributed by atoms with van der Waals surface area (Å²) < 4.78 is 14.9. The number of benzene rings is 4. The fourth-order valence-corrected chi connectivity index (χ4v) is 6.24. The molecule has 2 heterocycles. The van der Waals surface area contributed by atoms with E-state index in [1.807, 2.05) is 109 Å². The Morgan fingerprint density at radius 1 is 0.889 bits per heavy atom. The number of nitrogens with one attached hydrogen (secondary N) is 2. The van der Waals surface area contributed by atoms with E-state index in [2.05, 4.69) is 33.1 Å². The highest BCUT2D eigenvalue weighted by molar-refractivity contribution is 7.99. The van der Waals surface area contributed by atoms with Crippen LogP contribution in [-0.4, -0.2) is 43.2 Å². The van der Waals surface area contributed by atoms with E-state index in [-0.39, 0.29) is 30.8 Å². The number of tetrazole rings is 1. The van der Waals surface area contributed by atoms with Gasteiger partial charge in [-0.25, -0.2) is 4.79 Å². The fourth-order valence-electron chi connectivity index (χ4n) is 5.18. The quantitative estimate of drug-likeness (QED) is 0.161. The number of nitrogens with zero attached hydrogens (tertiary/aromatic N) is 4. The summed E-state index contributed by atoms with van der Waals surface area (Å²) in [6.07, 6.45) is -1.19. The second-order valence-electron chi connectivity index (χ2n) is 10.8. The first-order valence-electron chi connectivity index (χ1n) is 14.7. The average Bonchev–Trinajstić information content (AvgIpc) is 3.57. The zero-order chi connectivity index (χ0) is 31.0. The lowest BCUT2D eigenvalue weighted by Crippen LogP contribution is -2.38. The third-order valence-electron chi connectivity index (χ3n) is 7.65. The number of para-hydroxylation sites is 1. The number of carbonyl (C=O) groups is 1. The van der Waals surface area contributed by atoms with Crippen LogP contribution in [0.3, 0.4) is 0 Å². The van der Waals surface area contributed by atoms with Crippen molar-refractivity contribution in [2.75, 3.05) is 11.1 Å². The molecule has 2 amide bonds. The molecule has 230 valence electrons. The number of hydrogen-bond acceptors (Lipinski definition) is 8. The van der Waals surface area contributed by atoms with Crippen LogP contribution in [0.2, 0.25) is 0 Å². The van der Waals surface area contributed by atoms with Crippen LogP contribution in [0.5, 0.6) is 0 Å². The van der Waals surface area contributed by atoms with E-state index in [4.69, 9.17) is 9.47 Å². The largest absolute Gasteiger partial charge is 0.392 e. The van der Waals surface area contributed by atoms with Crippen LogP contribution in [0.4, 0.5) is 10.5 Å². The minimum Gasteiger partial charge on any atom is -0.392 e. The van der Waals surface area contributed by atoms with E-state index in [0.29, 0.717) is 23.1 Å². The molecule has 0 spiro atoms. The highest BCUT2D eigenvalue weighted by Gasteiger charge is 2.38.